The normalized spacial score (nSPS) is 12.3. The van der Waals surface area contributed by atoms with Crippen molar-refractivity contribution in [1.82, 2.24) is 0 Å². The minimum atomic E-state index is 0.153. The zero-order chi connectivity index (χ0) is 20.2. The van der Waals surface area contributed by atoms with Crippen LogP contribution in [0.4, 0.5) is 0 Å². The third-order valence-corrected chi connectivity index (χ3v) is 5.66. The third-order valence-electron chi connectivity index (χ3n) is 3.80. The van der Waals surface area contributed by atoms with E-state index in [1.807, 2.05) is 48.5 Å². The zero-order valence-corrected chi connectivity index (χ0v) is 18.8. The molecule has 1 nitrogen and oxygen atoms in total. The summed E-state index contributed by atoms with van der Waals surface area (Å²) < 4.78 is 9.02. The Bertz CT molecular complexity index is 877. The summed E-state index contributed by atoms with van der Waals surface area (Å²) in [4.78, 5) is 0. The SMILES string of the molecule is CC(C)=CC(=COc1ccccc1)c1ccccc1.C[C](C)=[Ti][C]1=CC=CC1. The fourth-order valence-corrected chi connectivity index (χ4v) is 4.25. The van der Waals surface area contributed by atoms with E-state index in [2.05, 4.69) is 64.1 Å². The Kier molecular flexibility index (Phi) is 9.69. The molecule has 0 spiro atoms. The van der Waals surface area contributed by atoms with Crippen molar-refractivity contribution < 1.29 is 23.4 Å². The first-order chi connectivity index (χ1) is 13.5. The molecule has 143 valence electrons. The van der Waals surface area contributed by atoms with Gasteiger partial charge < -0.3 is 4.74 Å². The van der Waals surface area contributed by atoms with Crippen molar-refractivity contribution in [3.63, 3.8) is 0 Å². The summed E-state index contributed by atoms with van der Waals surface area (Å²) in [6.07, 6.45) is 11.8. The topological polar surface area (TPSA) is 9.23 Å². The van der Waals surface area contributed by atoms with Crippen LogP contribution in [0.1, 0.15) is 39.7 Å². The van der Waals surface area contributed by atoms with Crippen molar-refractivity contribution >= 4 is 9.38 Å². The molecule has 0 bridgehead atoms. The van der Waals surface area contributed by atoms with Crippen LogP contribution < -0.4 is 4.74 Å². The van der Waals surface area contributed by atoms with E-state index in [4.69, 9.17) is 4.74 Å². The Morgan fingerprint density at radius 3 is 2.07 bits per heavy atom. The number of ether oxygens (including phenoxy) is 1. The van der Waals surface area contributed by atoms with Gasteiger partial charge in [-0.2, -0.15) is 0 Å². The summed E-state index contributed by atoms with van der Waals surface area (Å²) >= 11 is 0.153. The fourth-order valence-electron chi connectivity index (χ4n) is 2.62. The van der Waals surface area contributed by atoms with Crippen molar-refractivity contribution in [2.45, 2.75) is 34.1 Å². The molecule has 0 fully saturated rings. The van der Waals surface area contributed by atoms with E-state index in [1.54, 1.807) is 14.0 Å². The number of benzene rings is 2. The second kappa shape index (κ2) is 12.3. The van der Waals surface area contributed by atoms with E-state index in [0.717, 1.165) is 16.9 Å². The summed E-state index contributed by atoms with van der Waals surface area (Å²) in [5, 5.41) is 0. The Morgan fingerprint density at radius 1 is 0.893 bits per heavy atom. The van der Waals surface area contributed by atoms with Crippen molar-refractivity contribution in [3.8, 4) is 5.75 Å². The summed E-state index contributed by atoms with van der Waals surface area (Å²) in [7, 11) is 0. The van der Waals surface area contributed by atoms with Gasteiger partial charge in [0.15, 0.2) is 0 Å². The van der Waals surface area contributed by atoms with Gasteiger partial charge in [-0.1, -0.05) is 60.2 Å². The van der Waals surface area contributed by atoms with E-state index in [0.29, 0.717) is 0 Å². The van der Waals surface area contributed by atoms with E-state index in [1.165, 1.54) is 12.0 Å². The van der Waals surface area contributed by atoms with Crippen molar-refractivity contribution in [3.05, 3.63) is 106 Å². The van der Waals surface area contributed by atoms with Crippen molar-refractivity contribution in [1.29, 1.82) is 0 Å². The van der Waals surface area contributed by atoms with Crippen LogP contribution in [0, 0.1) is 0 Å². The molecule has 0 aromatic heterocycles. The first-order valence-corrected chi connectivity index (χ1v) is 11.2. The molecule has 0 radical (unpaired) electrons. The van der Waals surface area contributed by atoms with Gasteiger partial charge in [-0.05, 0) is 31.5 Å². The van der Waals surface area contributed by atoms with Gasteiger partial charge in [-0.25, -0.2) is 0 Å². The molecule has 0 aliphatic heterocycles. The quantitative estimate of drug-likeness (QED) is 0.290. The first kappa shape index (κ1) is 22.1. The van der Waals surface area contributed by atoms with Crippen LogP contribution >= 0.6 is 0 Å². The van der Waals surface area contributed by atoms with Gasteiger partial charge in [0, 0.05) is 5.57 Å². The molecular formula is C26H29OTi. The van der Waals surface area contributed by atoms with Crippen LogP contribution in [-0.2, 0) is 18.7 Å². The number of hydrogen-bond acceptors (Lipinski definition) is 1. The predicted molar refractivity (Wildman–Crippen MR) is 119 cm³/mol. The molecule has 2 heteroatoms. The van der Waals surface area contributed by atoms with Crippen LogP contribution in [0.3, 0.4) is 0 Å². The molecule has 3 rings (SSSR count). The predicted octanol–water partition coefficient (Wildman–Crippen LogP) is 7.20. The van der Waals surface area contributed by atoms with Crippen LogP contribution in [0.5, 0.6) is 5.75 Å². The van der Waals surface area contributed by atoms with Gasteiger partial charge in [0.05, 0.1) is 6.26 Å². The van der Waals surface area contributed by atoms with Gasteiger partial charge in [-0.3, -0.25) is 0 Å². The maximum absolute atomic E-state index is 5.72. The van der Waals surface area contributed by atoms with Gasteiger partial charge >= 0.3 is 64.9 Å². The number of para-hydroxylation sites is 1. The molecule has 2 aromatic rings. The van der Waals surface area contributed by atoms with Gasteiger partial charge in [0.25, 0.3) is 0 Å². The van der Waals surface area contributed by atoms with E-state index in [9.17, 15) is 0 Å². The van der Waals surface area contributed by atoms with Crippen molar-refractivity contribution in [2.75, 3.05) is 0 Å². The Labute approximate surface area is 178 Å². The Hall–Kier alpha value is -2.22. The summed E-state index contributed by atoms with van der Waals surface area (Å²) in [5.74, 6) is 0.845. The molecular weight excluding hydrogens is 376 g/mol. The monoisotopic (exact) mass is 405 g/mol. The average molecular weight is 405 g/mol. The molecule has 1 aliphatic carbocycles. The second-order valence-corrected chi connectivity index (χ2v) is 10.00. The molecule has 0 heterocycles. The summed E-state index contributed by atoms with van der Waals surface area (Å²) in [6.45, 7) is 8.64. The van der Waals surface area contributed by atoms with E-state index >= 15 is 0 Å². The van der Waals surface area contributed by atoms with Gasteiger partial charge in [-0.15, -0.1) is 0 Å². The summed E-state index contributed by atoms with van der Waals surface area (Å²) in [5.41, 5.74) is 3.47. The van der Waals surface area contributed by atoms with Gasteiger partial charge in [0.2, 0.25) is 0 Å². The zero-order valence-electron chi connectivity index (χ0n) is 17.3. The maximum atomic E-state index is 5.72. The third kappa shape index (κ3) is 8.65. The second-order valence-electron chi connectivity index (χ2n) is 7.04. The average Bonchev–Trinajstić information content (AvgIpc) is 3.19. The molecule has 28 heavy (non-hydrogen) atoms. The van der Waals surface area contributed by atoms with Gasteiger partial charge in [0.1, 0.15) is 5.75 Å². The number of allylic oxidation sites excluding steroid dienone is 7. The standard InChI is InChI=1S/C18H18O.C5H5.C3H6.Ti/c1-15(2)13-17(16-9-5-3-6-10-16)14-19-18-11-7-4-8-12-18;1-2-4-5-3-1;1-3-2;/h3-14H,1-2H3;1-3H,4H2;1-2H3;. The molecule has 0 saturated heterocycles. The van der Waals surface area contributed by atoms with Crippen LogP contribution in [0.15, 0.2) is 101 Å². The number of hydrogen-bond donors (Lipinski definition) is 0. The fraction of sp³-hybridized carbons (Fsp3) is 0.192. The number of rotatable bonds is 5. The van der Waals surface area contributed by atoms with Crippen molar-refractivity contribution in [2.24, 2.45) is 0 Å². The van der Waals surface area contributed by atoms with Crippen LogP contribution in [0.25, 0.3) is 5.57 Å². The molecule has 0 saturated carbocycles. The molecule has 2 aromatic carbocycles. The first-order valence-electron chi connectivity index (χ1n) is 9.59. The summed E-state index contributed by atoms with van der Waals surface area (Å²) in [6, 6.07) is 20.0. The van der Waals surface area contributed by atoms with E-state index in [-0.39, 0.29) is 18.7 Å². The Balaban J connectivity index is 0.000000261. The van der Waals surface area contributed by atoms with Crippen LogP contribution in [-0.4, -0.2) is 3.81 Å². The molecule has 1 aliphatic rings. The van der Waals surface area contributed by atoms with E-state index < -0.39 is 0 Å². The van der Waals surface area contributed by atoms with Crippen LogP contribution in [0.2, 0.25) is 0 Å². The molecule has 0 unspecified atom stereocenters. The molecule has 0 atom stereocenters. The molecule has 0 amide bonds. The molecule has 0 N–H and O–H groups in total. The minimum absolute atomic E-state index is 0.153. The Morgan fingerprint density at radius 2 is 1.54 bits per heavy atom.